The molecule has 26 heavy (non-hydrogen) atoms. The first kappa shape index (κ1) is 19.0. The van der Waals surface area contributed by atoms with Crippen LogP contribution in [0.3, 0.4) is 0 Å². The maximum Gasteiger partial charge on any atom is 0.341 e. The molecule has 6 heteroatoms. The highest BCUT2D eigenvalue weighted by Gasteiger charge is 2.29. The summed E-state index contributed by atoms with van der Waals surface area (Å²) in [6.45, 7) is 4.03. The molecule has 0 fully saturated rings. The van der Waals surface area contributed by atoms with E-state index in [0.717, 1.165) is 30.6 Å². The summed E-state index contributed by atoms with van der Waals surface area (Å²) in [5, 5.41) is 3.41. The number of nitrogens with one attached hydrogen (secondary N) is 1. The second-order valence-electron chi connectivity index (χ2n) is 6.21. The van der Waals surface area contributed by atoms with Crippen LogP contribution in [-0.4, -0.2) is 23.7 Å². The summed E-state index contributed by atoms with van der Waals surface area (Å²) in [5.74, 6) is 0.379. The van der Waals surface area contributed by atoms with Crippen LogP contribution < -0.4 is 5.32 Å². The number of thioether (sulfide) groups is 1. The monoisotopic (exact) mass is 389 g/mol. The molecule has 2 aromatic rings. The van der Waals surface area contributed by atoms with Crippen molar-refractivity contribution in [2.45, 2.75) is 44.1 Å². The van der Waals surface area contributed by atoms with Crippen LogP contribution in [0.1, 0.15) is 46.6 Å². The van der Waals surface area contributed by atoms with Crippen molar-refractivity contribution in [3.8, 4) is 0 Å². The van der Waals surface area contributed by atoms with Crippen molar-refractivity contribution in [3.05, 3.63) is 51.9 Å². The number of benzene rings is 1. The number of carbonyl (C=O) groups excluding carboxylic acids is 2. The van der Waals surface area contributed by atoms with Gasteiger partial charge in [0.1, 0.15) is 5.00 Å². The Morgan fingerprint density at radius 3 is 2.77 bits per heavy atom. The Bertz CT molecular complexity index is 786. The maximum absolute atomic E-state index is 12.6. The zero-order valence-electron chi connectivity index (χ0n) is 15.0. The largest absolute Gasteiger partial charge is 0.462 e. The Morgan fingerprint density at radius 1 is 1.27 bits per heavy atom. The minimum atomic E-state index is -0.327. The topological polar surface area (TPSA) is 55.4 Å². The van der Waals surface area contributed by atoms with Crippen LogP contribution in [0.15, 0.2) is 30.3 Å². The first-order chi connectivity index (χ1) is 12.6. The van der Waals surface area contributed by atoms with E-state index in [9.17, 15) is 9.59 Å². The average molecular weight is 390 g/mol. The number of rotatable bonds is 7. The Balaban J connectivity index is 1.68. The molecule has 138 valence electrons. The van der Waals surface area contributed by atoms with Crippen LogP contribution >= 0.6 is 23.1 Å². The lowest BCUT2D eigenvalue weighted by Gasteiger charge is -2.13. The number of carbonyl (C=O) groups is 2. The van der Waals surface area contributed by atoms with Gasteiger partial charge < -0.3 is 10.1 Å². The zero-order chi connectivity index (χ0) is 18.5. The van der Waals surface area contributed by atoms with E-state index < -0.39 is 0 Å². The van der Waals surface area contributed by atoms with Crippen molar-refractivity contribution in [2.75, 3.05) is 11.9 Å². The summed E-state index contributed by atoms with van der Waals surface area (Å²) in [5.41, 5.74) is 2.82. The van der Waals surface area contributed by atoms with Crippen molar-refractivity contribution in [1.82, 2.24) is 0 Å². The smallest absolute Gasteiger partial charge is 0.341 e. The molecular weight excluding hydrogens is 366 g/mol. The third-order valence-corrected chi connectivity index (χ3v) is 6.77. The third-order valence-electron chi connectivity index (χ3n) is 4.35. The number of hydrogen-bond donors (Lipinski definition) is 1. The van der Waals surface area contributed by atoms with Gasteiger partial charge in [-0.2, -0.15) is 0 Å². The molecule has 1 aromatic heterocycles. The Hall–Kier alpha value is -1.79. The quantitative estimate of drug-likeness (QED) is 0.699. The fraction of sp³-hybridized carbons (Fsp3) is 0.400. The Labute approximate surface area is 162 Å². The molecule has 0 aliphatic heterocycles. The predicted molar refractivity (Wildman–Crippen MR) is 108 cm³/mol. The van der Waals surface area contributed by atoms with E-state index in [1.54, 1.807) is 18.7 Å². The molecular formula is C20H23NO3S2. The van der Waals surface area contributed by atoms with Crippen molar-refractivity contribution in [2.24, 2.45) is 0 Å². The van der Waals surface area contributed by atoms with Gasteiger partial charge in [0.2, 0.25) is 5.91 Å². The van der Waals surface area contributed by atoms with Crippen LogP contribution in [0.25, 0.3) is 0 Å². The first-order valence-electron chi connectivity index (χ1n) is 8.88. The Kier molecular flexibility index (Phi) is 6.38. The van der Waals surface area contributed by atoms with Crippen molar-refractivity contribution in [3.63, 3.8) is 0 Å². The van der Waals surface area contributed by atoms with Crippen LogP contribution in [0, 0.1) is 0 Å². The van der Waals surface area contributed by atoms with Gasteiger partial charge in [0, 0.05) is 10.6 Å². The predicted octanol–water partition coefficient (Wildman–Crippen LogP) is 4.67. The molecule has 1 aliphatic rings. The van der Waals surface area contributed by atoms with Crippen molar-refractivity contribution >= 4 is 40.0 Å². The van der Waals surface area contributed by atoms with Gasteiger partial charge in [-0.1, -0.05) is 30.3 Å². The summed E-state index contributed by atoms with van der Waals surface area (Å²) < 4.78 is 5.21. The molecule has 1 unspecified atom stereocenters. The number of amides is 1. The van der Waals surface area contributed by atoms with Crippen molar-refractivity contribution in [1.29, 1.82) is 0 Å². The van der Waals surface area contributed by atoms with Crippen LogP contribution in [0.5, 0.6) is 0 Å². The molecule has 3 rings (SSSR count). The van der Waals surface area contributed by atoms with Crippen molar-refractivity contribution < 1.29 is 14.3 Å². The minimum Gasteiger partial charge on any atom is -0.462 e. The van der Waals surface area contributed by atoms with Gasteiger partial charge in [-0.15, -0.1) is 23.1 Å². The van der Waals surface area contributed by atoms with Gasteiger partial charge in [0.15, 0.2) is 0 Å². The third kappa shape index (κ3) is 4.30. The number of hydrogen-bond acceptors (Lipinski definition) is 5. The molecule has 0 radical (unpaired) electrons. The second kappa shape index (κ2) is 8.73. The molecule has 0 saturated carbocycles. The number of fused-ring (bicyclic) bond motifs is 1. The lowest BCUT2D eigenvalue weighted by molar-refractivity contribution is -0.115. The normalized spacial score (nSPS) is 13.9. The molecule has 1 N–H and O–H groups in total. The lowest BCUT2D eigenvalue weighted by Crippen LogP contribution is -2.23. The molecule has 0 saturated heterocycles. The van der Waals surface area contributed by atoms with E-state index >= 15 is 0 Å². The standard InChI is InChI=1S/C20H23NO3S2/c1-3-24-20(23)17-15-10-7-11-16(15)26-19(17)21-18(22)13(2)25-12-14-8-5-4-6-9-14/h4-6,8-9,13H,3,7,10-12H2,1-2H3,(H,21,22). The van der Waals surface area contributed by atoms with E-state index in [0.29, 0.717) is 17.2 Å². The highest BCUT2D eigenvalue weighted by atomic mass is 32.2. The van der Waals surface area contributed by atoms with E-state index in [4.69, 9.17) is 4.74 Å². The van der Waals surface area contributed by atoms with Crippen LogP contribution in [-0.2, 0) is 28.1 Å². The molecule has 0 spiro atoms. The van der Waals surface area contributed by atoms with Gasteiger partial charge in [-0.05, 0) is 44.2 Å². The van der Waals surface area contributed by atoms with Gasteiger partial charge in [0.25, 0.3) is 0 Å². The molecule has 1 atom stereocenters. The molecule has 1 amide bonds. The number of anilines is 1. The van der Waals surface area contributed by atoms with Gasteiger partial charge >= 0.3 is 5.97 Å². The highest BCUT2D eigenvalue weighted by molar-refractivity contribution is 7.99. The van der Waals surface area contributed by atoms with E-state index in [1.807, 2.05) is 25.1 Å². The summed E-state index contributed by atoms with van der Waals surface area (Å²) in [6.07, 6.45) is 2.92. The van der Waals surface area contributed by atoms with E-state index in [1.165, 1.54) is 21.8 Å². The van der Waals surface area contributed by atoms with Crippen LogP contribution in [0.4, 0.5) is 5.00 Å². The maximum atomic E-state index is 12.6. The van der Waals surface area contributed by atoms with Gasteiger partial charge in [0.05, 0.1) is 17.4 Å². The first-order valence-corrected chi connectivity index (χ1v) is 10.7. The molecule has 0 bridgehead atoms. The molecule has 1 aliphatic carbocycles. The summed E-state index contributed by atoms with van der Waals surface area (Å²) in [6, 6.07) is 10.1. The van der Waals surface area contributed by atoms with Crippen LogP contribution in [0.2, 0.25) is 0 Å². The van der Waals surface area contributed by atoms with E-state index in [-0.39, 0.29) is 17.1 Å². The summed E-state index contributed by atoms with van der Waals surface area (Å²) in [7, 11) is 0. The average Bonchev–Trinajstić information content (AvgIpc) is 3.21. The molecule has 1 heterocycles. The van der Waals surface area contributed by atoms with Gasteiger partial charge in [-0.25, -0.2) is 4.79 Å². The number of ether oxygens (including phenoxy) is 1. The fourth-order valence-electron chi connectivity index (χ4n) is 3.00. The van der Waals surface area contributed by atoms with Gasteiger partial charge in [-0.3, -0.25) is 4.79 Å². The Morgan fingerprint density at radius 2 is 2.04 bits per heavy atom. The zero-order valence-corrected chi connectivity index (χ0v) is 16.7. The number of esters is 1. The minimum absolute atomic E-state index is 0.0728. The SMILES string of the molecule is CCOC(=O)c1c(NC(=O)C(C)SCc2ccccc2)sc2c1CCC2. The fourth-order valence-corrected chi connectivity index (χ4v) is 5.12. The number of aryl methyl sites for hydroxylation is 1. The molecule has 4 nitrogen and oxygen atoms in total. The lowest BCUT2D eigenvalue weighted by atomic mass is 10.1. The molecule has 1 aromatic carbocycles. The summed E-state index contributed by atoms with van der Waals surface area (Å²) >= 11 is 3.11. The highest BCUT2D eigenvalue weighted by Crippen LogP contribution is 2.39. The summed E-state index contributed by atoms with van der Waals surface area (Å²) in [4.78, 5) is 26.2. The van der Waals surface area contributed by atoms with E-state index in [2.05, 4.69) is 17.4 Å². The number of thiophene rings is 1. The second-order valence-corrected chi connectivity index (χ2v) is 8.64.